The van der Waals surface area contributed by atoms with Gasteiger partial charge in [0, 0.05) is 5.56 Å². The number of nitrogens with zero attached hydrogens (tertiary/aromatic N) is 2. The summed E-state index contributed by atoms with van der Waals surface area (Å²) in [5.74, 6) is -0.841. The summed E-state index contributed by atoms with van der Waals surface area (Å²) in [6.45, 7) is 0. The molecule has 6 heteroatoms. The van der Waals surface area contributed by atoms with Gasteiger partial charge in [-0.15, -0.1) is 0 Å². The van der Waals surface area contributed by atoms with Crippen LogP contribution >= 0.6 is 11.6 Å². The highest BCUT2D eigenvalue weighted by molar-refractivity contribution is 6.32. The highest BCUT2D eigenvalue weighted by Crippen LogP contribution is 2.29. The summed E-state index contributed by atoms with van der Waals surface area (Å²) < 4.78 is 27.6. The van der Waals surface area contributed by atoms with E-state index in [9.17, 15) is 13.6 Å². The van der Waals surface area contributed by atoms with E-state index < -0.39 is 11.6 Å². The Morgan fingerprint density at radius 3 is 2.41 bits per heavy atom. The molecular formula is C16H9ClF2N2O. The van der Waals surface area contributed by atoms with Crippen molar-refractivity contribution < 1.29 is 13.6 Å². The molecule has 110 valence electrons. The SMILES string of the molecule is O=Cc1c(-c2ccc(F)cc2)nn(-c2cccc(F)c2)c1Cl. The van der Waals surface area contributed by atoms with Crippen LogP contribution in [0.3, 0.4) is 0 Å². The lowest BCUT2D eigenvalue weighted by atomic mass is 10.1. The summed E-state index contributed by atoms with van der Waals surface area (Å²) in [5, 5.41) is 4.33. The molecule has 3 aromatic rings. The molecule has 0 aliphatic carbocycles. The summed E-state index contributed by atoms with van der Waals surface area (Å²) in [6.07, 6.45) is 0.573. The predicted molar refractivity (Wildman–Crippen MR) is 79.3 cm³/mol. The molecule has 0 spiro atoms. The smallest absolute Gasteiger partial charge is 0.155 e. The van der Waals surface area contributed by atoms with Crippen molar-refractivity contribution in [3.05, 3.63) is 70.9 Å². The summed E-state index contributed by atoms with van der Waals surface area (Å²) in [7, 11) is 0. The van der Waals surface area contributed by atoms with Gasteiger partial charge in [-0.25, -0.2) is 13.5 Å². The van der Waals surface area contributed by atoms with Gasteiger partial charge in [-0.1, -0.05) is 17.7 Å². The minimum absolute atomic E-state index is 0.0694. The molecule has 0 fully saturated rings. The topological polar surface area (TPSA) is 34.9 Å². The molecule has 1 aromatic heterocycles. The Labute approximate surface area is 129 Å². The molecule has 0 bridgehead atoms. The number of rotatable bonds is 3. The Kier molecular flexibility index (Phi) is 3.73. The molecule has 1 heterocycles. The quantitative estimate of drug-likeness (QED) is 0.675. The standard InChI is InChI=1S/C16H9ClF2N2O/c17-16-14(9-22)15(10-4-6-11(18)7-5-10)20-21(16)13-3-1-2-12(19)8-13/h1-9H. The van der Waals surface area contributed by atoms with Gasteiger partial charge in [-0.05, 0) is 42.5 Å². The number of halogens is 3. The third-order valence-corrected chi connectivity index (χ3v) is 3.52. The Balaban J connectivity index is 2.18. The van der Waals surface area contributed by atoms with Gasteiger partial charge in [0.05, 0.1) is 11.3 Å². The summed E-state index contributed by atoms with van der Waals surface area (Å²) in [5.41, 5.74) is 1.41. The third-order valence-electron chi connectivity index (χ3n) is 3.15. The Morgan fingerprint density at radius 2 is 1.77 bits per heavy atom. The van der Waals surface area contributed by atoms with E-state index in [1.807, 2.05) is 0 Å². The van der Waals surface area contributed by atoms with Crippen molar-refractivity contribution >= 4 is 17.9 Å². The largest absolute Gasteiger partial charge is 0.298 e. The number of benzene rings is 2. The fraction of sp³-hybridized carbons (Fsp3) is 0. The fourth-order valence-electron chi connectivity index (χ4n) is 2.11. The first kappa shape index (κ1) is 14.4. The van der Waals surface area contributed by atoms with E-state index in [1.165, 1.54) is 47.1 Å². The van der Waals surface area contributed by atoms with E-state index in [-0.39, 0.29) is 10.7 Å². The summed E-state index contributed by atoms with van der Waals surface area (Å²) in [6, 6.07) is 11.2. The van der Waals surface area contributed by atoms with Gasteiger partial charge >= 0.3 is 0 Å². The van der Waals surface area contributed by atoms with Crippen LogP contribution in [0.2, 0.25) is 5.15 Å². The van der Waals surface area contributed by atoms with Gasteiger partial charge in [0.2, 0.25) is 0 Å². The van der Waals surface area contributed by atoms with Crippen molar-refractivity contribution in [3.8, 4) is 16.9 Å². The van der Waals surface area contributed by atoms with Gasteiger partial charge in [0.25, 0.3) is 0 Å². The zero-order chi connectivity index (χ0) is 15.7. The lowest BCUT2D eigenvalue weighted by Crippen LogP contribution is -1.97. The van der Waals surface area contributed by atoms with Crippen molar-refractivity contribution in [1.29, 1.82) is 0 Å². The van der Waals surface area contributed by atoms with E-state index >= 15 is 0 Å². The zero-order valence-corrected chi connectivity index (χ0v) is 11.9. The minimum atomic E-state index is -0.444. The number of carbonyl (C=O) groups excluding carboxylic acids is 1. The fourth-order valence-corrected chi connectivity index (χ4v) is 2.38. The molecule has 0 N–H and O–H groups in total. The maximum atomic E-state index is 13.3. The first-order chi connectivity index (χ1) is 10.6. The van der Waals surface area contributed by atoms with Crippen LogP contribution in [0.1, 0.15) is 10.4 Å². The zero-order valence-electron chi connectivity index (χ0n) is 11.1. The molecule has 0 saturated heterocycles. The summed E-state index contributed by atoms with van der Waals surface area (Å²) >= 11 is 6.17. The lowest BCUT2D eigenvalue weighted by Gasteiger charge is -2.02. The first-order valence-electron chi connectivity index (χ1n) is 6.35. The normalized spacial score (nSPS) is 10.7. The van der Waals surface area contributed by atoms with Crippen LogP contribution in [-0.2, 0) is 0 Å². The molecule has 0 atom stereocenters. The van der Waals surface area contributed by atoms with E-state index in [1.54, 1.807) is 6.07 Å². The van der Waals surface area contributed by atoms with Crippen molar-refractivity contribution in [2.24, 2.45) is 0 Å². The van der Waals surface area contributed by atoms with Gasteiger partial charge in [0.15, 0.2) is 6.29 Å². The Hall–Kier alpha value is -2.53. The Morgan fingerprint density at radius 1 is 1.05 bits per heavy atom. The Bertz CT molecular complexity index is 844. The van der Waals surface area contributed by atoms with Crippen molar-refractivity contribution in [2.75, 3.05) is 0 Å². The van der Waals surface area contributed by atoms with E-state index in [2.05, 4.69) is 5.10 Å². The van der Waals surface area contributed by atoms with Gasteiger partial charge in [-0.2, -0.15) is 5.10 Å². The van der Waals surface area contributed by atoms with Crippen LogP contribution in [0.4, 0.5) is 8.78 Å². The van der Waals surface area contributed by atoms with Crippen molar-refractivity contribution in [1.82, 2.24) is 9.78 Å². The highest BCUT2D eigenvalue weighted by Gasteiger charge is 2.18. The predicted octanol–water partition coefficient (Wildman–Crippen LogP) is 4.28. The highest BCUT2D eigenvalue weighted by atomic mass is 35.5. The molecule has 0 aliphatic heterocycles. The van der Waals surface area contributed by atoms with Crippen LogP contribution in [0, 0.1) is 11.6 Å². The van der Waals surface area contributed by atoms with Crippen molar-refractivity contribution in [3.63, 3.8) is 0 Å². The van der Waals surface area contributed by atoms with Crippen molar-refractivity contribution in [2.45, 2.75) is 0 Å². The molecule has 2 aromatic carbocycles. The molecule has 0 amide bonds. The molecule has 22 heavy (non-hydrogen) atoms. The number of hydrogen-bond acceptors (Lipinski definition) is 2. The van der Waals surface area contributed by atoms with Gasteiger partial charge in [-0.3, -0.25) is 4.79 Å². The lowest BCUT2D eigenvalue weighted by molar-refractivity contribution is 0.112. The second kappa shape index (κ2) is 5.69. The van der Waals surface area contributed by atoms with Crippen LogP contribution in [0.15, 0.2) is 48.5 Å². The number of carbonyl (C=O) groups is 1. The minimum Gasteiger partial charge on any atom is -0.298 e. The number of hydrogen-bond donors (Lipinski definition) is 0. The molecule has 3 rings (SSSR count). The average Bonchev–Trinajstić information content (AvgIpc) is 2.85. The van der Waals surface area contributed by atoms with Crippen LogP contribution in [0.25, 0.3) is 16.9 Å². The monoisotopic (exact) mass is 318 g/mol. The van der Waals surface area contributed by atoms with Crippen LogP contribution < -0.4 is 0 Å². The maximum Gasteiger partial charge on any atom is 0.155 e. The maximum absolute atomic E-state index is 13.3. The molecule has 0 aliphatic rings. The van der Waals surface area contributed by atoms with Crippen LogP contribution in [0.5, 0.6) is 0 Å². The first-order valence-corrected chi connectivity index (χ1v) is 6.73. The second-order valence-electron chi connectivity index (χ2n) is 4.57. The molecule has 0 radical (unpaired) electrons. The van der Waals surface area contributed by atoms with E-state index in [4.69, 9.17) is 11.6 Å². The molecular weight excluding hydrogens is 310 g/mol. The van der Waals surface area contributed by atoms with Crippen LogP contribution in [-0.4, -0.2) is 16.1 Å². The summed E-state index contributed by atoms with van der Waals surface area (Å²) in [4.78, 5) is 11.3. The third kappa shape index (κ3) is 2.51. The number of aromatic nitrogens is 2. The van der Waals surface area contributed by atoms with Gasteiger partial charge < -0.3 is 0 Å². The molecule has 0 saturated carbocycles. The van der Waals surface area contributed by atoms with Gasteiger partial charge in [0.1, 0.15) is 22.5 Å². The van der Waals surface area contributed by atoms with E-state index in [0.717, 1.165) is 0 Å². The average molecular weight is 319 g/mol. The molecule has 0 unspecified atom stereocenters. The molecule has 3 nitrogen and oxygen atoms in total. The van der Waals surface area contributed by atoms with E-state index in [0.29, 0.717) is 23.2 Å². The number of aldehydes is 1. The second-order valence-corrected chi connectivity index (χ2v) is 4.93.